The van der Waals surface area contributed by atoms with Crippen molar-refractivity contribution in [3.8, 4) is 5.75 Å². The van der Waals surface area contributed by atoms with Gasteiger partial charge in [-0.15, -0.1) is 0 Å². The smallest absolute Gasteiger partial charge is 0.334 e. The number of para-hydroxylation sites is 1. The predicted octanol–water partition coefficient (Wildman–Crippen LogP) is 1.49. The summed E-state index contributed by atoms with van der Waals surface area (Å²) in [4.78, 5) is 28.2. The zero-order chi connectivity index (χ0) is 25.1. The molecule has 3 aromatic rings. The maximum atomic E-state index is 13.3. The van der Waals surface area contributed by atoms with Gasteiger partial charge in [-0.2, -0.15) is 4.72 Å². The first-order chi connectivity index (χ1) is 16.7. The molecule has 11 heteroatoms. The third kappa shape index (κ3) is 5.22. The zero-order valence-corrected chi connectivity index (χ0v) is 19.8. The van der Waals surface area contributed by atoms with Crippen LogP contribution in [0.5, 0.6) is 5.75 Å². The molecule has 2 heterocycles. The van der Waals surface area contributed by atoms with E-state index in [0.717, 1.165) is 25.9 Å². The Hall–Kier alpha value is -3.25. The lowest BCUT2D eigenvalue weighted by atomic mass is 9.93. The minimum absolute atomic E-state index is 0.0687. The average molecular weight is 501 g/mol. The third-order valence-corrected chi connectivity index (χ3v) is 7.69. The Morgan fingerprint density at radius 2 is 1.86 bits per heavy atom. The van der Waals surface area contributed by atoms with Crippen molar-refractivity contribution in [3.05, 3.63) is 60.3 Å². The largest absolute Gasteiger partial charge is 0.493 e. The van der Waals surface area contributed by atoms with Crippen molar-refractivity contribution in [1.82, 2.24) is 15.0 Å². The molecule has 1 fully saturated rings. The Kier molecular flexibility index (Phi) is 7.22. The number of nitrogens with one attached hydrogen (secondary N) is 3. The number of carbonyl (C=O) groups is 2. The highest BCUT2D eigenvalue weighted by Crippen LogP contribution is 2.24. The Balaban J connectivity index is 1.59. The number of piperidine rings is 1. The highest BCUT2D eigenvalue weighted by atomic mass is 32.2. The fourth-order valence-electron chi connectivity index (χ4n) is 4.12. The second-order valence-corrected chi connectivity index (χ2v) is 10.3. The number of nitrogens with two attached hydrogens (primary N) is 1. The topological polar surface area (TPSA) is 164 Å². The summed E-state index contributed by atoms with van der Waals surface area (Å²) in [6.07, 6.45) is 1.93. The lowest BCUT2D eigenvalue weighted by Crippen LogP contribution is -2.64. The molecule has 0 aliphatic carbocycles. The number of Topliss-reactive ketones (excluding diaryl/α,β-unsaturated/α-hetero) is 1. The van der Waals surface area contributed by atoms with Crippen LogP contribution in [0.2, 0.25) is 0 Å². The molecule has 0 saturated carbocycles. The van der Waals surface area contributed by atoms with Gasteiger partial charge in [-0.1, -0.05) is 24.3 Å². The van der Waals surface area contributed by atoms with E-state index in [9.17, 15) is 23.1 Å². The van der Waals surface area contributed by atoms with E-state index in [-0.39, 0.29) is 10.6 Å². The summed E-state index contributed by atoms with van der Waals surface area (Å²) >= 11 is 0. The van der Waals surface area contributed by atoms with Crippen LogP contribution in [0, 0.1) is 5.92 Å². The van der Waals surface area contributed by atoms with Gasteiger partial charge in [0, 0.05) is 23.5 Å². The van der Waals surface area contributed by atoms with Gasteiger partial charge in [-0.25, -0.2) is 13.2 Å². The number of aromatic nitrogens is 1. The number of sulfonamides is 1. The molecule has 1 atom stereocenters. The van der Waals surface area contributed by atoms with E-state index < -0.39 is 33.9 Å². The van der Waals surface area contributed by atoms with Crippen LogP contribution < -0.4 is 20.5 Å². The summed E-state index contributed by atoms with van der Waals surface area (Å²) in [7, 11) is -4.46. The first-order valence-corrected chi connectivity index (χ1v) is 12.8. The molecule has 1 aliphatic rings. The number of benzene rings is 2. The number of aromatic amines is 1. The number of carboxylic acids is 1. The molecule has 1 aliphatic heterocycles. The van der Waals surface area contributed by atoms with Gasteiger partial charge in [0.15, 0.2) is 0 Å². The lowest BCUT2D eigenvalue weighted by molar-refractivity contribution is -0.141. The number of rotatable bonds is 10. The van der Waals surface area contributed by atoms with Gasteiger partial charge in [-0.05, 0) is 56.1 Å². The van der Waals surface area contributed by atoms with Crippen LogP contribution in [0.1, 0.15) is 23.3 Å². The van der Waals surface area contributed by atoms with Crippen LogP contribution in [0.4, 0.5) is 0 Å². The molecule has 6 N–H and O–H groups in total. The summed E-state index contributed by atoms with van der Waals surface area (Å²) in [6.45, 7) is 1.47. The molecular weight excluding hydrogens is 472 g/mol. The van der Waals surface area contributed by atoms with Crippen LogP contribution in [-0.4, -0.2) is 62.0 Å². The van der Waals surface area contributed by atoms with Crippen molar-refractivity contribution < 1.29 is 27.9 Å². The molecule has 0 amide bonds. The van der Waals surface area contributed by atoms with E-state index in [0.29, 0.717) is 29.2 Å². The molecule has 2 aromatic carbocycles. The van der Waals surface area contributed by atoms with Gasteiger partial charge in [0.25, 0.3) is 0 Å². The minimum Gasteiger partial charge on any atom is -0.493 e. The van der Waals surface area contributed by atoms with Crippen LogP contribution in [-0.2, 0) is 14.8 Å². The number of ether oxygens (including phenoxy) is 1. The number of aliphatic carboxylic acids is 1. The van der Waals surface area contributed by atoms with Crippen molar-refractivity contribution in [2.75, 3.05) is 26.2 Å². The predicted molar refractivity (Wildman–Crippen MR) is 130 cm³/mol. The zero-order valence-electron chi connectivity index (χ0n) is 19.0. The van der Waals surface area contributed by atoms with Crippen molar-refractivity contribution in [1.29, 1.82) is 0 Å². The Morgan fingerprint density at radius 1 is 1.11 bits per heavy atom. The summed E-state index contributed by atoms with van der Waals surface area (Å²) in [5, 5.41) is 13.9. The Morgan fingerprint density at radius 3 is 2.54 bits per heavy atom. The van der Waals surface area contributed by atoms with Crippen LogP contribution in [0.3, 0.4) is 0 Å². The standard InChI is InChI=1S/C24H28N4O6S/c25-15-24(23(30)31,22(29)21-12-17-4-1-2-7-20(17)27-21)28-35(32,33)19-6-3-5-18(13-19)34-14-16-8-10-26-11-9-16/h1-7,12-13,16,26-28H,8-11,14-15,25H2,(H,30,31). The third-order valence-electron chi connectivity index (χ3n) is 6.20. The maximum Gasteiger partial charge on any atom is 0.334 e. The lowest BCUT2D eigenvalue weighted by Gasteiger charge is -2.27. The van der Waals surface area contributed by atoms with Gasteiger partial charge < -0.3 is 25.9 Å². The quantitative estimate of drug-likeness (QED) is 0.206. The van der Waals surface area contributed by atoms with Crippen LogP contribution in [0.25, 0.3) is 10.9 Å². The second kappa shape index (κ2) is 10.2. The molecule has 4 rings (SSSR count). The van der Waals surface area contributed by atoms with Gasteiger partial charge in [0.1, 0.15) is 5.75 Å². The van der Waals surface area contributed by atoms with E-state index in [2.05, 4.69) is 15.0 Å². The molecule has 10 nitrogen and oxygen atoms in total. The molecule has 1 aromatic heterocycles. The normalized spacial score (nSPS) is 16.6. The van der Waals surface area contributed by atoms with E-state index in [1.54, 1.807) is 30.3 Å². The molecule has 1 saturated heterocycles. The first-order valence-electron chi connectivity index (χ1n) is 11.3. The van der Waals surface area contributed by atoms with Crippen LogP contribution in [0.15, 0.2) is 59.5 Å². The number of ketones is 1. The van der Waals surface area contributed by atoms with Gasteiger partial charge in [0.05, 0.1) is 17.2 Å². The highest BCUT2D eigenvalue weighted by Gasteiger charge is 2.49. The molecular formula is C24H28N4O6S. The van der Waals surface area contributed by atoms with E-state index in [1.165, 1.54) is 24.3 Å². The molecule has 1 unspecified atom stereocenters. The van der Waals surface area contributed by atoms with Gasteiger partial charge in [0.2, 0.25) is 21.3 Å². The second-order valence-electron chi connectivity index (χ2n) is 8.60. The molecule has 0 spiro atoms. The number of carbonyl (C=O) groups excluding carboxylic acids is 1. The minimum atomic E-state index is -4.46. The Labute approximate surface area is 202 Å². The number of carboxylic acid groups (broad SMARTS) is 1. The van der Waals surface area contributed by atoms with E-state index in [4.69, 9.17) is 10.5 Å². The fourth-order valence-corrected chi connectivity index (χ4v) is 5.49. The number of hydrogen-bond acceptors (Lipinski definition) is 7. The van der Waals surface area contributed by atoms with E-state index in [1.807, 2.05) is 0 Å². The van der Waals surface area contributed by atoms with Crippen molar-refractivity contribution in [2.24, 2.45) is 11.7 Å². The molecule has 35 heavy (non-hydrogen) atoms. The Bertz CT molecular complexity index is 1300. The van der Waals surface area contributed by atoms with Crippen LogP contribution >= 0.6 is 0 Å². The van der Waals surface area contributed by atoms with Crippen molar-refractivity contribution in [3.63, 3.8) is 0 Å². The number of hydrogen-bond donors (Lipinski definition) is 5. The monoisotopic (exact) mass is 500 g/mol. The van der Waals surface area contributed by atoms with Gasteiger partial charge >= 0.3 is 5.97 Å². The van der Waals surface area contributed by atoms with Crippen molar-refractivity contribution >= 4 is 32.7 Å². The number of H-pyrrole nitrogens is 1. The molecule has 0 radical (unpaired) electrons. The molecule has 0 bridgehead atoms. The first kappa shape index (κ1) is 24.9. The van der Waals surface area contributed by atoms with E-state index >= 15 is 0 Å². The molecule has 186 valence electrons. The van der Waals surface area contributed by atoms with Gasteiger partial charge in [-0.3, -0.25) is 4.79 Å². The SMILES string of the molecule is NCC(NS(=O)(=O)c1cccc(OCC2CCNCC2)c1)(C(=O)O)C(=O)c1cc2ccccc2[nH]1. The fraction of sp³-hybridized carbons (Fsp3) is 0.333. The maximum absolute atomic E-state index is 13.3. The summed E-state index contributed by atoms with van der Waals surface area (Å²) in [6, 6.07) is 14.2. The summed E-state index contributed by atoms with van der Waals surface area (Å²) < 4.78 is 34.3. The summed E-state index contributed by atoms with van der Waals surface area (Å²) in [5.41, 5.74) is 3.65. The summed E-state index contributed by atoms with van der Waals surface area (Å²) in [5.74, 6) is -2.00. The average Bonchev–Trinajstić information content (AvgIpc) is 3.31. The van der Waals surface area contributed by atoms with Crippen molar-refractivity contribution in [2.45, 2.75) is 23.3 Å². The highest BCUT2D eigenvalue weighted by molar-refractivity contribution is 7.89. The number of fused-ring (bicyclic) bond motifs is 1.